The molecule has 2 N–H and O–H groups in total. The molecular weight excluding hydrogens is 166 g/mol. The van der Waals surface area contributed by atoms with Crippen LogP contribution in [0.3, 0.4) is 0 Å². The van der Waals surface area contributed by atoms with Crippen molar-refractivity contribution in [1.29, 1.82) is 0 Å². The topological polar surface area (TPSA) is 45.4 Å². The summed E-state index contributed by atoms with van der Waals surface area (Å²) in [6.07, 6.45) is 2.12. The van der Waals surface area contributed by atoms with Gasteiger partial charge in [0.25, 0.3) is 0 Å². The number of fused-ring (bicyclic) bond motifs is 1. The number of β-amino-alcohol motifs (C(OH)–C–C–N with tert-alkyl or cyclic N) is 1. The Morgan fingerprint density at radius 1 is 1.46 bits per heavy atom. The molecule has 2 heterocycles. The van der Waals surface area contributed by atoms with Gasteiger partial charge in [-0.25, -0.2) is 0 Å². The number of hydrogen-bond donors (Lipinski definition) is 2. The molecule has 1 saturated carbocycles. The maximum atomic E-state index is 9.65. The van der Waals surface area contributed by atoms with Crippen LogP contribution >= 0.6 is 0 Å². The third-order valence-electron chi connectivity index (χ3n) is 2.82. The lowest BCUT2D eigenvalue weighted by molar-refractivity contribution is 0.160. The molecule has 1 unspecified atom stereocenters. The summed E-state index contributed by atoms with van der Waals surface area (Å²) >= 11 is 0. The van der Waals surface area contributed by atoms with E-state index in [1.165, 1.54) is 12.8 Å². The highest BCUT2D eigenvalue weighted by Crippen LogP contribution is 2.42. The summed E-state index contributed by atoms with van der Waals surface area (Å²) in [4.78, 5) is 0. The summed E-state index contributed by atoms with van der Waals surface area (Å²) in [5, 5.41) is 12.8. The quantitative estimate of drug-likeness (QED) is 0.683. The zero-order valence-electron chi connectivity index (χ0n) is 7.42. The Labute approximate surface area is 76.7 Å². The summed E-state index contributed by atoms with van der Waals surface area (Å²) in [6, 6.07) is 2.04. The summed E-state index contributed by atoms with van der Waals surface area (Å²) < 4.78 is 5.68. The van der Waals surface area contributed by atoms with Gasteiger partial charge in [-0.3, -0.25) is 0 Å². The average Bonchev–Trinajstić information content (AvgIpc) is 2.87. The van der Waals surface area contributed by atoms with Crippen LogP contribution in [0.4, 0.5) is 0 Å². The summed E-state index contributed by atoms with van der Waals surface area (Å²) in [6.45, 7) is 1.41. The molecule has 0 aromatic carbocycles. The number of aliphatic hydroxyl groups is 1. The number of aliphatic hydroxyl groups excluding tert-OH is 1. The van der Waals surface area contributed by atoms with Crippen LogP contribution in [0.2, 0.25) is 0 Å². The molecule has 1 fully saturated rings. The molecule has 1 aromatic rings. The van der Waals surface area contributed by atoms with Crippen LogP contribution in [0.1, 0.15) is 41.9 Å². The molecule has 1 aliphatic heterocycles. The molecule has 0 saturated heterocycles. The first kappa shape index (κ1) is 7.59. The number of hydrogen-bond acceptors (Lipinski definition) is 3. The molecule has 1 aliphatic carbocycles. The fourth-order valence-electron chi connectivity index (χ4n) is 1.89. The fourth-order valence-corrected chi connectivity index (χ4v) is 1.89. The lowest BCUT2D eigenvalue weighted by Gasteiger charge is -2.16. The van der Waals surface area contributed by atoms with Crippen molar-refractivity contribution in [3.63, 3.8) is 0 Å². The molecule has 1 atom stereocenters. The van der Waals surface area contributed by atoms with E-state index in [1.54, 1.807) is 0 Å². The van der Waals surface area contributed by atoms with E-state index in [0.717, 1.165) is 23.6 Å². The molecule has 70 valence electrons. The normalized spacial score (nSPS) is 27.3. The molecule has 3 nitrogen and oxygen atoms in total. The molecule has 0 radical (unpaired) electrons. The molecular formula is C10H13NO2. The Kier molecular flexibility index (Phi) is 1.51. The van der Waals surface area contributed by atoms with Gasteiger partial charge in [0.05, 0.1) is 12.6 Å². The minimum atomic E-state index is -0.375. The summed E-state index contributed by atoms with van der Waals surface area (Å²) in [7, 11) is 0. The van der Waals surface area contributed by atoms with E-state index in [-0.39, 0.29) is 6.10 Å². The maximum Gasteiger partial charge on any atom is 0.123 e. The van der Waals surface area contributed by atoms with Gasteiger partial charge in [0.2, 0.25) is 0 Å². The van der Waals surface area contributed by atoms with E-state index in [1.807, 2.05) is 6.07 Å². The van der Waals surface area contributed by atoms with Crippen molar-refractivity contribution >= 4 is 0 Å². The molecule has 0 spiro atoms. The molecule has 0 bridgehead atoms. The van der Waals surface area contributed by atoms with Crippen molar-refractivity contribution in [2.45, 2.75) is 31.4 Å². The summed E-state index contributed by atoms with van der Waals surface area (Å²) in [5.74, 6) is 2.64. The van der Waals surface area contributed by atoms with Gasteiger partial charge in [-0.15, -0.1) is 0 Å². The first-order valence-electron chi connectivity index (χ1n) is 4.86. The Morgan fingerprint density at radius 3 is 3.00 bits per heavy atom. The first-order valence-corrected chi connectivity index (χ1v) is 4.86. The average molecular weight is 179 g/mol. The zero-order valence-corrected chi connectivity index (χ0v) is 7.42. The second-order valence-electron chi connectivity index (χ2n) is 3.95. The second-order valence-corrected chi connectivity index (χ2v) is 3.95. The van der Waals surface area contributed by atoms with Crippen molar-refractivity contribution in [2.75, 3.05) is 6.54 Å². The Hall–Kier alpha value is -0.800. The van der Waals surface area contributed by atoms with Gasteiger partial charge in [-0.1, -0.05) is 0 Å². The molecule has 2 aliphatic rings. The van der Waals surface area contributed by atoms with Crippen LogP contribution in [0.25, 0.3) is 0 Å². The molecule has 0 amide bonds. The number of furan rings is 1. The third-order valence-corrected chi connectivity index (χ3v) is 2.82. The number of nitrogens with one attached hydrogen (secondary N) is 1. The zero-order chi connectivity index (χ0) is 8.84. The van der Waals surface area contributed by atoms with E-state index < -0.39 is 0 Å². The van der Waals surface area contributed by atoms with Crippen molar-refractivity contribution < 1.29 is 9.52 Å². The van der Waals surface area contributed by atoms with Gasteiger partial charge in [0, 0.05) is 18.0 Å². The lowest BCUT2D eigenvalue weighted by Crippen LogP contribution is -2.26. The lowest BCUT2D eigenvalue weighted by atomic mass is 10.1. The van der Waals surface area contributed by atoms with Crippen LogP contribution < -0.4 is 5.32 Å². The molecule has 3 rings (SSSR count). The monoisotopic (exact) mass is 179 g/mol. The van der Waals surface area contributed by atoms with Crippen LogP contribution in [-0.2, 0) is 6.54 Å². The van der Waals surface area contributed by atoms with Gasteiger partial charge < -0.3 is 14.8 Å². The largest absolute Gasteiger partial charge is 0.464 e. The maximum absolute atomic E-state index is 9.65. The van der Waals surface area contributed by atoms with E-state index in [9.17, 15) is 5.11 Å². The van der Waals surface area contributed by atoms with Gasteiger partial charge >= 0.3 is 0 Å². The van der Waals surface area contributed by atoms with E-state index >= 15 is 0 Å². The standard InChI is InChI=1S/C10H13NO2/c12-8-4-11-5-10-7(8)3-9(13-10)6-1-2-6/h3,6,8,11-12H,1-2,4-5H2. The van der Waals surface area contributed by atoms with Gasteiger partial charge in [-0.2, -0.15) is 0 Å². The summed E-state index contributed by atoms with van der Waals surface area (Å²) in [5.41, 5.74) is 1.00. The minimum Gasteiger partial charge on any atom is -0.464 e. The van der Waals surface area contributed by atoms with Crippen molar-refractivity contribution in [3.8, 4) is 0 Å². The van der Waals surface area contributed by atoms with Crippen molar-refractivity contribution in [2.24, 2.45) is 0 Å². The Balaban J connectivity index is 1.99. The predicted octanol–water partition coefficient (Wildman–Crippen LogP) is 1.29. The SMILES string of the molecule is OC1CNCc2oc(C3CC3)cc21. The molecule has 1 aromatic heterocycles. The minimum absolute atomic E-state index is 0.375. The van der Waals surface area contributed by atoms with Crippen LogP contribution in [0, 0.1) is 0 Å². The Bertz CT molecular complexity index is 328. The number of rotatable bonds is 1. The van der Waals surface area contributed by atoms with Crippen LogP contribution in [-0.4, -0.2) is 11.7 Å². The smallest absolute Gasteiger partial charge is 0.123 e. The van der Waals surface area contributed by atoms with Crippen LogP contribution in [0.5, 0.6) is 0 Å². The van der Waals surface area contributed by atoms with E-state index in [4.69, 9.17) is 4.42 Å². The third kappa shape index (κ3) is 1.19. The van der Waals surface area contributed by atoms with Gasteiger partial charge in [-0.05, 0) is 18.9 Å². The van der Waals surface area contributed by atoms with Crippen molar-refractivity contribution in [3.05, 3.63) is 23.2 Å². The van der Waals surface area contributed by atoms with E-state index in [2.05, 4.69) is 5.32 Å². The van der Waals surface area contributed by atoms with Gasteiger partial charge in [0.1, 0.15) is 11.5 Å². The Morgan fingerprint density at radius 2 is 2.31 bits per heavy atom. The predicted molar refractivity (Wildman–Crippen MR) is 47.3 cm³/mol. The molecule has 3 heteroatoms. The molecule has 13 heavy (non-hydrogen) atoms. The van der Waals surface area contributed by atoms with Crippen LogP contribution in [0.15, 0.2) is 10.5 Å². The van der Waals surface area contributed by atoms with E-state index in [0.29, 0.717) is 12.5 Å². The second kappa shape index (κ2) is 2.59. The van der Waals surface area contributed by atoms with Crippen molar-refractivity contribution in [1.82, 2.24) is 5.32 Å². The fraction of sp³-hybridized carbons (Fsp3) is 0.600. The highest BCUT2D eigenvalue weighted by molar-refractivity contribution is 5.29. The highest BCUT2D eigenvalue weighted by Gasteiger charge is 2.30. The first-order chi connectivity index (χ1) is 6.34. The highest BCUT2D eigenvalue weighted by atomic mass is 16.3. The van der Waals surface area contributed by atoms with Gasteiger partial charge in [0.15, 0.2) is 0 Å².